The molecule has 34 heavy (non-hydrogen) atoms. The number of carbonyl (C=O) groups excluding carboxylic acids is 2. The van der Waals surface area contributed by atoms with Gasteiger partial charge in [-0.2, -0.15) is 0 Å². The third-order valence-electron chi connectivity index (χ3n) is 6.38. The van der Waals surface area contributed by atoms with Crippen LogP contribution in [0.15, 0.2) is 61.2 Å². The predicted molar refractivity (Wildman–Crippen MR) is 127 cm³/mol. The van der Waals surface area contributed by atoms with Gasteiger partial charge in [-0.1, -0.05) is 54.6 Å². The minimum atomic E-state index is -1.18. The predicted octanol–water partition coefficient (Wildman–Crippen LogP) is 2.70. The van der Waals surface area contributed by atoms with Crippen molar-refractivity contribution in [1.29, 1.82) is 0 Å². The van der Waals surface area contributed by atoms with Crippen LogP contribution in [0.25, 0.3) is 11.1 Å². The number of piperazine rings is 1. The number of aliphatic carboxylic acids is 1. The number of carboxylic acid groups (broad SMARTS) is 1. The number of ether oxygens (including phenoxy) is 1. The van der Waals surface area contributed by atoms with Gasteiger partial charge >= 0.3 is 12.1 Å². The molecule has 1 atom stereocenters. The summed E-state index contributed by atoms with van der Waals surface area (Å²) in [6.07, 6.45) is 0.506. The average Bonchev–Trinajstić information content (AvgIpc) is 3.16. The maximum absolute atomic E-state index is 13.0. The van der Waals surface area contributed by atoms with Crippen LogP contribution in [0.4, 0.5) is 4.79 Å². The van der Waals surface area contributed by atoms with E-state index in [0.29, 0.717) is 26.2 Å². The zero-order valence-corrected chi connectivity index (χ0v) is 19.0. The highest BCUT2D eigenvalue weighted by Crippen LogP contribution is 2.44. The Kier molecular flexibility index (Phi) is 7.27. The highest BCUT2D eigenvalue weighted by molar-refractivity contribution is 5.89. The van der Waals surface area contributed by atoms with E-state index in [2.05, 4.69) is 16.8 Å². The first kappa shape index (κ1) is 23.5. The van der Waals surface area contributed by atoms with E-state index < -0.39 is 30.4 Å². The first-order valence-electron chi connectivity index (χ1n) is 11.4. The fraction of sp³-hybridized carbons (Fsp3) is 0.346. The molecule has 4 rings (SSSR count). The molecule has 1 fully saturated rings. The molecule has 2 aromatic rings. The molecule has 2 N–H and O–H groups in total. The van der Waals surface area contributed by atoms with E-state index in [1.807, 2.05) is 54.6 Å². The number of carbonyl (C=O) groups is 3. The molecule has 0 bridgehead atoms. The number of carboxylic acids is 1. The van der Waals surface area contributed by atoms with Crippen molar-refractivity contribution in [1.82, 2.24) is 15.1 Å². The van der Waals surface area contributed by atoms with Gasteiger partial charge in [0.15, 0.2) is 0 Å². The molecule has 1 aliphatic carbocycles. The summed E-state index contributed by atoms with van der Waals surface area (Å²) < 4.78 is 5.51. The van der Waals surface area contributed by atoms with Gasteiger partial charge < -0.3 is 20.1 Å². The van der Waals surface area contributed by atoms with Gasteiger partial charge in [-0.05, 0) is 22.3 Å². The Labute approximate surface area is 198 Å². The van der Waals surface area contributed by atoms with Crippen molar-refractivity contribution in [2.45, 2.75) is 18.4 Å². The molecule has 1 saturated heterocycles. The Morgan fingerprint density at radius 1 is 1.03 bits per heavy atom. The normalized spacial score (nSPS) is 16.3. The number of benzene rings is 2. The molecule has 1 aliphatic heterocycles. The van der Waals surface area contributed by atoms with Gasteiger partial charge in [0.25, 0.3) is 0 Å². The fourth-order valence-corrected chi connectivity index (χ4v) is 4.71. The fourth-order valence-electron chi connectivity index (χ4n) is 4.71. The second-order valence-electron chi connectivity index (χ2n) is 8.53. The van der Waals surface area contributed by atoms with Crippen molar-refractivity contribution < 1.29 is 24.2 Å². The number of hydrogen-bond acceptors (Lipinski definition) is 5. The molecule has 1 unspecified atom stereocenters. The molecule has 8 heteroatoms. The van der Waals surface area contributed by atoms with Gasteiger partial charge in [-0.25, -0.2) is 4.79 Å². The van der Waals surface area contributed by atoms with Gasteiger partial charge in [-0.15, -0.1) is 6.58 Å². The van der Waals surface area contributed by atoms with Gasteiger partial charge in [0.1, 0.15) is 12.6 Å². The maximum Gasteiger partial charge on any atom is 0.407 e. The van der Waals surface area contributed by atoms with Crippen LogP contribution in [0.5, 0.6) is 0 Å². The van der Waals surface area contributed by atoms with E-state index in [0.717, 1.165) is 28.8 Å². The van der Waals surface area contributed by atoms with Crippen molar-refractivity contribution in [2.24, 2.45) is 0 Å². The molecule has 0 radical (unpaired) electrons. The molecule has 2 aliphatic rings. The molecule has 2 amide bonds. The van der Waals surface area contributed by atoms with Gasteiger partial charge in [0.05, 0.1) is 6.42 Å². The van der Waals surface area contributed by atoms with Crippen LogP contribution in [0.1, 0.15) is 23.5 Å². The number of hydrogen-bond donors (Lipinski definition) is 2. The molecule has 1 heterocycles. The Morgan fingerprint density at radius 2 is 1.62 bits per heavy atom. The summed E-state index contributed by atoms with van der Waals surface area (Å²) in [6, 6.07) is 14.8. The minimum absolute atomic E-state index is 0.0913. The van der Waals surface area contributed by atoms with Crippen LogP contribution in [-0.4, -0.2) is 78.2 Å². The van der Waals surface area contributed by atoms with Crippen LogP contribution in [0.3, 0.4) is 0 Å². The van der Waals surface area contributed by atoms with Crippen molar-refractivity contribution in [3.63, 3.8) is 0 Å². The summed E-state index contributed by atoms with van der Waals surface area (Å²) >= 11 is 0. The van der Waals surface area contributed by atoms with Crippen LogP contribution >= 0.6 is 0 Å². The lowest BCUT2D eigenvalue weighted by Crippen LogP contribution is -2.55. The molecular weight excluding hydrogens is 434 g/mol. The van der Waals surface area contributed by atoms with E-state index in [9.17, 15) is 19.5 Å². The van der Waals surface area contributed by atoms with Crippen LogP contribution in [-0.2, 0) is 14.3 Å². The van der Waals surface area contributed by atoms with Crippen LogP contribution in [0.2, 0.25) is 0 Å². The zero-order chi connectivity index (χ0) is 24.1. The lowest BCUT2D eigenvalue weighted by molar-refractivity contribution is -0.143. The Balaban J connectivity index is 1.39. The van der Waals surface area contributed by atoms with E-state index in [4.69, 9.17) is 4.74 Å². The topological polar surface area (TPSA) is 99.2 Å². The van der Waals surface area contributed by atoms with E-state index in [-0.39, 0.29) is 12.5 Å². The summed E-state index contributed by atoms with van der Waals surface area (Å²) in [5.41, 5.74) is 4.38. The third-order valence-corrected chi connectivity index (χ3v) is 6.38. The molecular formula is C26H29N3O5. The molecule has 0 aromatic heterocycles. The standard InChI is InChI=1S/C26H29N3O5/c1-2-11-28-12-14-29(15-13-28)25(32)23(16-24(30)31)27-26(33)34-17-22-20-9-5-3-7-18(20)19-8-4-6-10-21(19)22/h2-10,22-23H,1,11-17H2,(H,27,33)(H,30,31). The van der Waals surface area contributed by atoms with Gasteiger partial charge in [0.2, 0.25) is 5.91 Å². The van der Waals surface area contributed by atoms with Gasteiger partial charge in [0, 0.05) is 38.6 Å². The summed E-state index contributed by atoms with van der Waals surface area (Å²) in [5.74, 6) is -1.69. The quantitative estimate of drug-likeness (QED) is 0.584. The molecule has 8 nitrogen and oxygen atoms in total. The Bertz CT molecular complexity index is 1030. The second kappa shape index (κ2) is 10.5. The Morgan fingerprint density at radius 3 is 2.18 bits per heavy atom. The number of rotatable bonds is 8. The number of fused-ring (bicyclic) bond motifs is 3. The number of amides is 2. The smallest absolute Gasteiger partial charge is 0.407 e. The van der Waals surface area contributed by atoms with E-state index >= 15 is 0 Å². The largest absolute Gasteiger partial charge is 0.481 e. The van der Waals surface area contributed by atoms with Crippen LogP contribution < -0.4 is 5.32 Å². The minimum Gasteiger partial charge on any atom is -0.481 e. The molecule has 0 saturated carbocycles. The summed E-state index contributed by atoms with van der Waals surface area (Å²) in [5, 5.41) is 11.8. The van der Waals surface area contributed by atoms with E-state index in [1.165, 1.54) is 0 Å². The first-order valence-corrected chi connectivity index (χ1v) is 11.4. The van der Waals surface area contributed by atoms with Crippen molar-refractivity contribution >= 4 is 18.0 Å². The first-order chi connectivity index (χ1) is 16.5. The van der Waals surface area contributed by atoms with Crippen molar-refractivity contribution in [2.75, 3.05) is 39.3 Å². The van der Waals surface area contributed by atoms with E-state index in [1.54, 1.807) is 4.90 Å². The summed E-state index contributed by atoms with van der Waals surface area (Å²) in [6.45, 7) is 6.82. The van der Waals surface area contributed by atoms with Gasteiger partial charge in [-0.3, -0.25) is 14.5 Å². The number of nitrogens with one attached hydrogen (secondary N) is 1. The number of alkyl carbamates (subject to hydrolysis) is 1. The second-order valence-corrected chi connectivity index (χ2v) is 8.53. The van der Waals surface area contributed by atoms with Crippen LogP contribution in [0, 0.1) is 0 Å². The lowest BCUT2D eigenvalue weighted by Gasteiger charge is -2.35. The zero-order valence-electron chi connectivity index (χ0n) is 19.0. The molecule has 178 valence electrons. The van der Waals surface area contributed by atoms with Crippen molar-refractivity contribution in [3.05, 3.63) is 72.3 Å². The molecule has 0 spiro atoms. The lowest BCUT2D eigenvalue weighted by atomic mass is 9.98. The number of nitrogens with zero attached hydrogens (tertiary/aromatic N) is 2. The Hall–Kier alpha value is -3.65. The van der Waals surface area contributed by atoms with Crippen molar-refractivity contribution in [3.8, 4) is 11.1 Å². The highest BCUT2D eigenvalue weighted by Gasteiger charge is 2.32. The maximum atomic E-state index is 13.0. The average molecular weight is 464 g/mol. The SMILES string of the molecule is C=CCN1CCN(C(=O)C(CC(=O)O)NC(=O)OCC2c3ccccc3-c3ccccc32)CC1. The summed E-state index contributed by atoms with van der Waals surface area (Å²) in [7, 11) is 0. The highest BCUT2D eigenvalue weighted by atomic mass is 16.5. The monoisotopic (exact) mass is 463 g/mol. The summed E-state index contributed by atoms with van der Waals surface area (Å²) in [4.78, 5) is 40.7. The third kappa shape index (κ3) is 5.12. The molecule has 2 aromatic carbocycles.